The number of allylic oxidation sites excluding steroid dienone is 1. The van der Waals surface area contributed by atoms with Gasteiger partial charge in [0.2, 0.25) is 0 Å². The highest BCUT2D eigenvalue weighted by Crippen LogP contribution is 2.28. The molecule has 0 N–H and O–H groups in total. The Labute approximate surface area is 94.3 Å². The number of benzene rings is 1. The monoisotopic (exact) mass is 230 g/mol. The first-order valence-corrected chi connectivity index (χ1v) is 5.16. The maximum absolute atomic E-state index is 6.04. The molecule has 0 saturated carbocycles. The predicted octanol–water partition coefficient (Wildman–Crippen LogP) is 3.99. The minimum absolute atomic E-state index is 0.494. The van der Waals surface area contributed by atoms with Crippen LogP contribution in [0.5, 0.6) is 5.75 Å². The van der Waals surface area contributed by atoms with Crippen LogP contribution in [0.2, 0.25) is 5.02 Å². The third kappa shape index (κ3) is 2.66. The molecule has 0 saturated heterocycles. The molecule has 76 valence electrons. The molecule has 0 bridgehead atoms. The summed E-state index contributed by atoms with van der Waals surface area (Å²) in [7, 11) is 1.62. The molecule has 0 spiro atoms. The fourth-order valence-electron chi connectivity index (χ4n) is 1.12. The van der Waals surface area contributed by atoms with Gasteiger partial charge in [0.15, 0.2) is 0 Å². The highest BCUT2D eigenvalue weighted by Gasteiger charge is 2.04. The number of hydrogen-bond donors (Lipinski definition) is 0. The zero-order valence-electron chi connectivity index (χ0n) is 8.18. The van der Waals surface area contributed by atoms with E-state index < -0.39 is 0 Å². The van der Waals surface area contributed by atoms with Crippen LogP contribution in [-0.4, -0.2) is 13.0 Å². The van der Waals surface area contributed by atoms with Crippen molar-refractivity contribution in [2.75, 3.05) is 13.0 Å². The molecule has 0 radical (unpaired) electrons. The molecule has 0 amide bonds. The standard InChI is InChI=1S/C11H12Cl2O/c1-8(7-12)6-9-10(13)4-3-5-11(9)14-2/h3-6H,7H2,1-2H3/b8-6-. The van der Waals surface area contributed by atoms with Crippen LogP contribution in [0.3, 0.4) is 0 Å². The number of alkyl halides is 1. The lowest BCUT2D eigenvalue weighted by Gasteiger charge is -2.07. The van der Waals surface area contributed by atoms with Crippen molar-refractivity contribution < 1.29 is 4.74 Å². The molecule has 0 heterocycles. The van der Waals surface area contributed by atoms with Gasteiger partial charge in [-0.2, -0.15) is 0 Å². The molecular weight excluding hydrogens is 219 g/mol. The normalized spacial score (nSPS) is 11.6. The molecule has 3 heteroatoms. The predicted molar refractivity (Wildman–Crippen MR) is 62.4 cm³/mol. The van der Waals surface area contributed by atoms with Crippen molar-refractivity contribution in [1.29, 1.82) is 0 Å². The molecule has 0 aliphatic carbocycles. The lowest BCUT2D eigenvalue weighted by atomic mass is 10.1. The molecule has 14 heavy (non-hydrogen) atoms. The van der Waals surface area contributed by atoms with Gasteiger partial charge in [0, 0.05) is 11.4 Å². The van der Waals surface area contributed by atoms with Gasteiger partial charge in [-0.15, -0.1) is 11.6 Å². The first kappa shape index (κ1) is 11.4. The van der Waals surface area contributed by atoms with Crippen LogP contribution in [0.1, 0.15) is 12.5 Å². The van der Waals surface area contributed by atoms with E-state index in [9.17, 15) is 0 Å². The summed E-state index contributed by atoms with van der Waals surface area (Å²) in [5.41, 5.74) is 1.94. The molecule has 1 aromatic carbocycles. The maximum Gasteiger partial charge on any atom is 0.127 e. The van der Waals surface area contributed by atoms with E-state index in [-0.39, 0.29) is 0 Å². The third-order valence-corrected chi connectivity index (χ3v) is 2.59. The molecule has 0 aliphatic heterocycles. The number of rotatable bonds is 3. The largest absolute Gasteiger partial charge is 0.496 e. The summed E-state index contributed by atoms with van der Waals surface area (Å²) in [4.78, 5) is 0. The van der Waals surface area contributed by atoms with E-state index in [0.29, 0.717) is 10.9 Å². The Morgan fingerprint density at radius 1 is 1.50 bits per heavy atom. The summed E-state index contributed by atoms with van der Waals surface area (Å²) in [6.07, 6.45) is 1.94. The van der Waals surface area contributed by atoms with E-state index >= 15 is 0 Å². The first-order valence-electron chi connectivity index (χ1n) is 4.24. The molecule has 0 unspecified atom stereocenters. The van der Waals surface area contributed by atoms with Gasteiger partial charge < -0.3 is 4.74 Å². The molecule has 1 aromatic rings. The average molecular weight is 231 g/mol. The van der Waals surface area contributed by atoms with Crippen molar-refractivity contribution in [3.8, 4) is 5.75 Å². The fraction of sp³-hybridized carbons (Fsp3) is 0.273. The topological polar surface area (TPSA) is 9.23 Å². The second-order valence-corrected chi connectivity index (χ2v) is 3.65. The summed E-state index contributed by atoms with van der Waals surface area (Å²) in [6.45, 7) is 1.95. The van der Waals surface area contributed by atoms with Crippen LogP contribution in [0.4, 0.5) is 0 Å². The third-order valence-electron chi connectivity index (χ3n) is 1.83. The van der Waals surface area contributed by atoms with Crippen LogP contribution in [0, 0.1) is 0 Å². The van der Waals surface area contributed by atoms with Crippen LogP contribution in [-0.2, 0) is 0 Å². The molecule has 0 fully saturated rings. The van der Waals surface area contributed by atoms with Crippen molar-refractivity contribution in [1.82, 2.24) is 0 Å². The lowest BCUT2D eigenvalue weighted by molar-refractivity contribution is 0.414. The number of ether oxygens (including phenoxy) is 1. The van der Waals surface area contributed by atoms with Crippen molar-refractivity contribution >= 4 is 29.3 Å². The van der Waals surface area contributed by atoms with Crippen LogP contribution in [0.15, 0.2) is 23.8 Å². The molecular formula is C11H12Cl2O. The van der Waals surface area contributed by atoms with Gasteiger partial charge in [0.1, 0.15) is 5.75 Å². The molecule has 0 atom stereocenters. The van der Waals surface area contributed by atoms with Crippen molar-refractivity contribution in [3.63, 3.8) is 0 Å². The Morgan fingerprint density at radius 2 is 2.21 bits per heavy atom. The van der Waals surface area contributed by atoms with Crippen LogP contribution in [0.25, 0.3) is 6.08 Å². The van der Waals surface area contributed by atoms with E-state index in [1.807, 2.05) is 31.2 Å². The van der Waals surface area contributed by atoms with Crippen molar-refractivity contribution in [3.05, 3.63) is 34.4 Å². The van der Waals surface area contributed by atoms with Gasteiger partial charge >= 0.3 is 0 Å². The Kier molecular flexibility index (Phi) is 4.30. The van der Waals surface area contributed by atoms with E-state index in [2.05, 4.69) is 0 Å². The van der Waals surface area contributed by atoms with Crippen LogP contribution < -0.4 is 4.74 Å². The minimum atomic E-state index is 0.494. The summed E-state index contributed by atoms with van der Waals surface area (Å²) in [6, 6.07) is 5.56. The van der Waals surface area contributed by atoms with Gasteiger partial charge in [-0.25, -0.2) is 0 Å². The zero-order chi connectivity index (χ0) is 10.6. The number of halogens is 2. The quantitative estimate of drug-likeness (QED) is 0.714. The zero-order valence-corrected chi connectivity index (χ0v) is 9.69. The van der Waals surface area contributed by atoms with Gasteiger partial charge in [-0.05, 0) is 25.1 Å². The van der Waals surface area contributed by atoms with E-state index in [4.69, 9.17) is 27.9 Å². The van der Waals surface area contributed by atoms with E-state index in [1.165, 1.54) is 0 Å². The maximum atomic E-state index is 6.04. The molecule has 0 aliphatic rings. The smallest absolute Gasteiger partial charge is 0.127 e. The molecule has 1 rings (SSSR count). The van der Waals surface area contributed by atoms with Gasteiger partial charge in [-0.3, -0.25) is 0 Å². The number of methoxy groups -OCH3 is 1. The Bertz CT molecular complexity index is 345. The Hall–Kier alpha value is -0.660. The minimum Gasteiger partial charge on any atom is -0.496 e. The second-order valence-electron chi connectivity index (χ2n) is 2.98. The Balaban J connectivity index is 3.17. The molecule has 0 aromatic heterocycles. The number of hydrogen-bond acceptors (Lipinski definition) is 1. The first-order chi connectivity index (χ1) is 6.69. The summed E-state index contributed by atoms with van der Waals surface area (Å²) < 4.78 is 5.20. The van der Waals surface area contributed by atoms with E-state index in [0.717, 1.165) is 16.9 Å². The highest BCUT2D eigenvalue weighted by atomic mass is 35.5. The van der Waals surface area contributed by atoms with Gasteiger partial charge in [0.25, 0.3) is 0 Å². The fourth-order valence-corrected chi connectivity index (χ4v) is 1.42. The Morgan fingerprint density at radius 3 is 2.79 bits per heavy atom. The SMILES string of the molecule is COc1cccc(Cl)c1/C=C(/C)CCl. The summed E-state index contributed by atoms with van der Waals surface area (Å²) in [5, 5.41) is 0.675. The average Bonchev–Trinajstić information content (AvgIpc) is 2.20. The van der Waals surface area contributed by atoms with E-state index in [1.54, 1.807) is 7.11 Å². The summed E-state index contributed by atoms with van der Waals surface area (Å²) in [5.74, 6) is 1.26. The van der Waals surface area contributed by atoms with Gasteiger partial charge in [0.05, 0.1) is 12.1 Å². The molecule has 1 nitrogen and oxygen atoms in total. The highest BCUT2D eigenvalue weighted by molar-refractivity contribution is 6.32. The van der Waals surface area contributed by atoms with Gasteiger partial charge in [-0.1, -0.05) is 23.2 Å². The summed E-state index contributed by atoms with van der Waals surface area (Å²) >= 11 is 11.7. The van der Waals surface area contributed by atoms with Crippen molar-refractivity contribution in [2.24, 2.45) is 0 Å². The van der Waals surface area contributed by atoms with Crippen LogP contribution >= 0.6 is 23.2 Å². The van der Waals surface area contributed by atoms with Crippen molar-refractivity contribution in [2.45, 2.75) is 6.92 Å². The second kappa shape index (κ2) is 5.28. The lowest BCUT2D eigenvalue weighted by Crippen LogP contribution is -1.88.